The Kier molecular flexibility index (Phi) is 3.97. The monoisotopic (exact) mass is 244 g/mol. The fourth-order valence-corrected chi connectivity index (χ4v) is 1.12. The zero-order valence-corrected chi connectivity index (χ0v) is 8.67. The van der Waals surface area contributed by atoms with Gasteiger partial charge in [-0.05, 0) is 12.1 Å². The van der Waals surface area contributed by atoms with Crippen molar-refractivity contribution >= 4 is 23.3 Å². The summed E-state index contributed by atoms with van der Waals surface area (Å²) >= 11 is 0. The molecule has 0 aromatic heterocycles. The van der Waals surface area contributed by atoms with Crippen molar-refractivity contribution in [3.63, 3.8) is 0 Å². The van der Waals surface area contributed by atoms with E-state index in [2.05, 4.69) is 0 Å². The van der Waals surface area contributed by atoms with Gasteiger partial charge in [0.25, 0.3) is 0 Å². The van der Waals surface area contributed by atoms with Gasteiger partial charge in [0, 0.05) is 6.42 Å². The number of aliphatic carboxylic acids is 1. The molecule has 5 nitrogen and oxygen atoms in total. The van der Waals surface area contributed by atoms with Crippen molar-refractivity contribution in [3.05, 3.63) is 23.8 Å². The lowest BCUT2D eigenvalue weighted by Crippen LogP contribution is -2.16. The zero-order valence-electron chi connectivity index (χ0n) is 8.67. The van der Waals surface area contributed by atoms with Crippen LogP contribution in [0.15, 0.2) is 12.1 Å². The van der Waals surface area contributed by atoms with E-state index in [1.54, 1.807) is 0 Å². The van der Waals surface area contributed by atoms with Crippen molar-refractivity contribution in [1.82, 2.24) is 0 Å². The summed E-state index contributed by atoms with van der Waals surface area (Å²) in [6, 6.07) is 1.93. The Bertz CT molecular complexity index is 463. The highest BCUT2D eigenvalue weighted by Crippen LogP contribution is 2.24. The van der Waals surface area contributed by atoms with E-state index in [0.29, 0.717) is 0 Å². The van der Waals surface area contributed by atoms with Crippen molar-refractivity contribution < 1.29 is 23.5 Å². The lowest BCUT2D eigenvalue weighted by Gasteiger charge is -2.09. The van der Waals surface area contributed by atoms with Gasteiger partial charge in [-0.25, -0.2) is 8.78 Å². The molecule has 4 N–H and O–H groups in total. The number of rotatable bonds is 4. The van der Waals surface area contributed by atoms with Crippen LogP contribution in [0.1, 0.15) is 12.8 Å². The number of amides is 1. The summed E-state index contributed by atoms with van der Waals surface area (Å²) in [7, 11) is 0. The smallest absolute Gasteiger partial charge is 0.303 e. The topological polar surface area (TPSA) is 92.4 Å². The Balaban J connectivity index is 2.78. The first-order valence-corrected chi connectivity index (χ1v) is 4.67. The maximum atomic E-state index is 13.2. The molecule has 0 aliphatic heterocycles. The van der Waals surface area contributed by atoms with E-state index < -0.39 is 35.6 Å². The average molecular weight is 244 g/mol. The number of nitrogens with two attached hydrogens (primary N) is 1. The van der Waals surface area contributed by atoms with Crippen LogP contribution < -0.4 is 11.1 Å². The van der Waals surface area contributed by atoms with E-state index in [0.717, 1.165) is 12.1 Å². The predicted octanol–water partition coefficient (Wildman–Crippen LogP) is 1.35. The molecule has 0 bridgehead atoms. The molecule has 0 fully saturated rings. The van der Waals surface area contributed by atoms with E-state index >= 15 is 0 Å². The highest BCUT2D eigenvalue weighted by Gasteiger charge is 2.14. The Labute approximate surface area is 95.2 Å². The van der Waals surface area contributed by atoms with Crippen LogP contribution >= 0.6 is 0 Å². The maximum Gasteiger partial charge on any atom is 0.303 e. The van der Waals surface area contributed by atoms with E-state index in [1.165, 1.54) is 0 Å². The first-order valence-electron chi connectivity index (χ1n) is 4.67. The predicted molar refractivity (Wildman–Crippen MR) is 56.3 cm³/mol. The van der Waals surface area contributed by atoms with Crippen LogP contribution in [0, 0.1) is 11.6 Å². The Hall–Kier alpha value is -2.18. The number of nitrogens with one attached hydrogen (secondary N) is 1. The minimum atomic E-state index is -1.27. The van der Waals surface area contributed by atoms with Crippen molar-refractivity contribution in [2.45, 2.75) is 12.8 Å². The number of carboxylic acids is 1. The van der Waals surface area contributed by atoms with Crippen LogP contribution in [-0.4, -0.2) is 17.0 Å². The molecule has 17 heavy (non-hydrogen) atoms. The van der Waals surface area contributed by atoms with Gasteiger partial charge in [0.2, 0.25) is 5.91 Å². The van der Waals surface area contributed by atoms with Crippen LogP contribution in [0.4, 0.5) is 20.2 Å². The van der Waals surface area contributed by atoms with Gasteiger partial charge in [0.05, 0.1) is 12.1 Å². The summed E-state index contributed by atoms with van der Waals surface area (Å²) in [5, 5.41) is 10.4. The summed E-state index contributed by atoms with van der Waals surface area (Å²) in [6.45, 7) is 0. The van der Waals surface area contributed by atoms with Crippen molar-refractivity contribution in [1.29, 1.82) is 0 Å². The van der Waals surface area contributed by atoms with E-state index in [1.807, 2.05) is 5.32 Å². The fourth-order valence-electron chi connectivity index (χ4n) is 1.12. The van der Waals surface area contributed by atoms with Gasteiger partial charge in [0.1, 0.15) is 5.69 Å². The van der Waals surface area contributed by atoms with Crippen LogP contribution in [0.3, 0.4) is 0 Å². The van der Waals surface area contributed by atoms with Gasteiger partial charge in [-0.2, -0.15) is 0 Å². The molecule has 92 valence electrons. The van der Waals surface area contributed by atoms with Crippen molar-refractivity contribution in [2.24, 2.45) is 0 Å². The van der Waals surface area contributed by atoms with Crippen LogP contribution in [0.25, 0.3) is 0 Å². The van der Waals surface area contributed by atoms with E-state index in [9.17, 15) is 18.4 Å². The molecule has 0 atom stereocenters. The normalized spacial score (nSPS) is 10.0. The third kappa shape index (κ3) is 3.40. The molecule has 0 spiro atoms. The summed E-state index contributed by atoms with van der Waals surface area (Å²) in [4.78, 5) is 21.4. The lowest BCUT2D eigenvalue weighted by atomic mass is 10.2. The van der Waals surface area contributed by atoms with Crippen molar-refractivity contribution in [3.8, 4) is 0 Å². The van der Waals surface area contributed by atoms with E-state index in [-0.39, 0.29) is 12.1 Å². The summed E-state index contributed by atoms with van der Waals surface area (Å²) in [6.07, 6.45) is -0.743. The quantitative estimate of drug-likeness (QED) is 0.697. The molecule has 0 saturated carbocycles. The number of anilines is 2. The zero-order chi connectivity index (χ0) is 13.0. The maximum absolute atomic E-state index is 13.2. The van der Waals surface area contributed by atoms with Crippen LogP contribution in [-0.2, 0) is 9.59 Å². The van der Waals surface area contributed by atoms with Gasteiger partial charge >= 0.3 is 5.97 Å². The molecule has 0 saturated heterocycles. The highest BCUT2D eigenvalue weighted by molar-refractivity contribution is 5.95. The molecule has 1 aromatic carbocycles. The largest absolute Gasteiger partial charge is 0.481 e. The number of carbonyl (C=O) groups excluding carboxylic acids is 1. The molecule has 0 heterocycles. The number of halogens is 2. The molecule has 0 radical (unpaired) electrons. The molecule has 1 aromatic rings. The Morgan fingerprint density at radius 3 is 2.53 bits per heavy atom. The molecular weight excluding hydrogens is 234 g/mol. The number of carboxylic acid groups (broad SMARTS) is 1. The van der Waals surface area contributed by atoms with Crippen molar-refractivity contribution in [2.75, 3.05) is 11.1 Å². The van der Waals surface area contributed by atoms with E-state index in [4.69, 9.17) is 10.8 Å². The summed E-state index contributed by atoms with van der Waals surface area (Å²) in [5.74, 6) is -4.32. The standard InChI is InChI=1S/C10H10F2N2O3/c11-5-1-2-6(13)10(9(5)12)14-7(15)3-4-8(16)17/h1-2H,3-4,13H2,(H,14,15)(H,16,17). The van der Waals surface area contributed by atoms with Gasteiger partial charge in [-0.15, -0.1) is 0 Å². The number of carbonyl (C=O) groups is 2. The lowest BCUT2D eigenvalue weighted by molar-refractivity contribution is -0.138. The Morgan fingerprint density at radius 2 is 1.94 bits per heavy atom. The molecule has 0 aliphatic carbocycles. The van der Waals surface area contributed by atoms with Gasteiger partial charge in [0.15, 0.2) is 11.6 Å². The molecule has 0 aliphatic rings. The highest BCUT2D eigenvalue weighted by atomic mass is 19.2. The number of benzene rings is 1. The number of hydrogen-bond donors (Lipinski definition) is 3. The minimum absolute atomic E-state index is 0.132. The average Bonchev–Trinajstić information content (AvgIpc) is 2.27. The first kappa shape index (κ1) is 12.9. The summed E-state index contributed by atoms with van der Waals surface area (Å²) < 4.78 is 26.1. The molecule has 7 heteroatoms. The molecule has 0 unspecified atom stereocenters. The second kappa shape index (κ2) is 5.24. The second-order valence-corrected chi connectivity index (χ2v) is 3.27. The van der Waals surface area contributed by atoms with Crippen LogP contribution in [0.2, 0.25) is 0 Å². The Morgan fingerprint density at radius 1 is 1.29 bits per heavy atom. The molecule has 1 amide bonds. The third-order valence-corrected chi connectivity index (χ3v) is 1.96. The SMILES string of the molecule is Nc1ccc(F)c(F)c1NC(=O)CCC(=O)O. The van der Waals surface area contributed by atoms with Gasteiger partial charge in [-0.1, -0.05) is 0 Å². The minimum Gasteiger partial charge on any atom is -0.481 e. The summed E-state index contributed by atoms with van der Waals surface area (Å²) in [5.41, 5.74) is 4.75. The fraction of sp³-hybridized carbons (Fsp3) is 0.200. The van der Waals surface area contributed by atoms with Gasteiger partial charge < -0.3 is 16.2 Å². The number of hydrogen-bond acceptors (Lipinski definition) is 3. The molecule has 1 rings (SSSR count). The number of nitrogen functional groups attached to an aromatic ring is 1. The molecular formula is C10H10F2N2O3. The third-order valence-electron chi connectivity index (χ3n) is 1.96. The second-order valence-electron chi connectivity index (χ2n) is 3.27. The van der Waals surface area contributed by atoms with Crippen LogP contribution in [0.5, 0.6) is 0 Å². The van der Waals surface area contributed by atoms with Gasteiger partial charge in [-0.3, -0.25) is 9.59 Å². The first-order chi connectivity index (χ1) is 7.91.